The van der Waals surface area contributed by atoms with Crippen LogP contribution in [0.5, 0.6) is 0 Å². The molecular formula is C20H36O4. The Labute approximate surface area is 147 Å². The molecule has 4 nitrogen and oxygen atoms in total. The van der Waals surface area contributed by atoms with Crippen LogP contribution in [-0.2, 0) is 4.79 Å². The lowest BCUT2D eigenvalue weighted by Crippen LogP contribution is -2.19. The van der Waals surface area contributed by atoms with E-state index in [1.807, 2.05) is 6.08 Å². The molecule has 1 fully saturated rings. The maximum atomic E-state index is 12.1. The van der Waals surface area contributed by atoms with Gasteiger partial charge >= 0.3 is 0 Å². The zero-order valence-corrected chi connectivity index (χ0v) is 15.2. The molecule has 0 aromatic carbocycles. The molecule has 0 aliphatic heterocycles. The number of ketones is 1. The summed E-state index contributed by atoms with van der Waals surface area (Å²) in [5.74, 6) is -0.0827. The van der Waals surface area contributed by atoms with Gasteiger partial charge in [0.15, 0.2) is 0 Å². The average Bonchev–Trinajstić information content (AvgIpc) is 2.82. The molecule has 4 atom stereocenters. The molecule has 0 aromatic rings. The smallest absolute Gasteiger partial charge is 0.139 e. The normalized spacial score (nSPS) is 25.7. The molecule has 3 N–H and O–H groups in total. The van der Waals surface area contributed by atoms with E-state index in [9.17, 15) is 15.0 Å². The number of aliphatic hydroxyl groups is 3. The summed E-state index contributed by atoms with van der Waals surface area (Å²) < 4.78 is 0. The number of rotatable bonds is 13. The molecule has 0 heterocycles. The molecule has 1 aliphatic carbocycles. The summed E-state index contributed by atoms with van der Waals surface area (Å²) in [6.07, 6.45) is 12.7. The van der Waals surface area contributed by atoms with Gasteiger partial charge in [0.1, 0.15) is 5.78 Å². The van der Waals surface area contributed by atoms with E-state index in [1.54, 1.807) is 6.08 Å². The van der Waals surface area contributed by atoms with Crippen molar-refractivity contribution in [3.05, 3.63) is 12.2 Å². The van der Waals surface area contributed by atoms with E-state index < -0.39 is 12.2 Å². The maximum absolute atomic E-state index is 12.1. The Morgan fingerprint density at radius 3 is 2.54 bits per heavy atom. The van der Waals surface area contributed by atoms with Gasteiger partial charge in [0.25, 0.3) is 0 Å². The van der Waals surface area contributed by atoms with Crippen molar-refractivity contribution in [2.45, 2.75) is 89.8 Å². The predicted octanol–water partition coefficient (Wildman–Crippen LogP) is 3.38. The van der Waals surface area contributed by atoms with E-state index in [0.29, 0.717) is 0 Å². The molecule has 0 bridgehead atoms. The lowest BCUT2D eigenvalue weighted by atomic mass is 9.88. The summed E-state index contributed by atoms with van der Waals surface area (Å²) in [7, 11) is 0. The van der Waals surface area contributed by atoms with Crippen LogP contribution in [0.2, 0.25) is 0 Å². The minimum Gasteiger partial charge on any atom is -0.396 e. The number of carbonyl (C=O) groups excluding carboxylic acids is 1. The van der Waals surface area contributed by atoms with Gasteiger partial charge in [-0.2, -0.15) is 0 Å². The highest BCUT2D eigenvalue weighted by molar-refractivity contribution is 5.84. The van der Waals surface area contributed by atoms with Crippen LogP contribution in [0, 0.1) is 11.8 Å². The first kappa shape index (κ1) is 21.3. The number of aliphatic hydroxyl groups excluding tert-OH is 3. The van der Waals surface area contributed by atoms with Gasteiger partial charge < -0.3 is 15.3 Å². The zero-order valence-electron chi connectivity index (χ0n) is 15.2. The summed E-state index contributed by atoms with van der Waals surface area (Å²) >= 11 is 0. The predicted molar refractivity (Wildman–Crippen MR) is 96.7 cm³/mol. The van der Waals surface area contributed by atoms with Gasteiger partial charge in [-0.3, -0.25) is 4.79 Å². The second-order valence-electron chi connectivity index (χ2n) is 7.15. The largest absolute Gasteiger partial charge is 0.396 e. The topological polar surface area (TPSA) is 77.8 Å². The molecule has 24 heavy (non-hydrogen) atoms. The van der Waals surface area contributed by atoms with E-state index in [4.69, 9.17) is 5.11 Å². The third kappa shape index (κ3) is 7.91. The first-order valence-corrected chi connectivity index (χ1v) is 9.78. The number of hydrogen-bond donors (Lipinski definition) is 3. The van der Waals surface area contributed by atoms with Crippen molar-refractivity contribution in [1.29, 1.82) is 0 Å². The lowest BCUT2D eigenvalue weighted by molar-refractivity contribution is -0.121. The SMILES string of the molecule is CCCCCC(O)/C=C/[C@H]1C(O)CC(=O)C1CCCCCCCO. The van der Waals surface area contributed by atoms with Gasteiger partial charge in [-0.15, -0.1) is 0 Å². The summed E-state index contributed by atoms with van der Waals surface area (Å²) in [6, 6.07) is 0. The van der Waals surface area contributed by atoms with E-state index in [0.717, 1.165) is 64.2 Å². The van der Waals surface area contributed by atoms with Crippen molar-refractivity contribution >= 4 is 5.78 Å². The molecule has 0 aromatic heterocycles. The van der Waals surface area contributed by atoms with Crippen molar-refractivity contribution in [2.24, 2.45) is 11.8 Å². The number of hydrogen-bond acceptors (Lipinski definition) is 4. The molecule has 1 aliphatic rings. The highest BCUT2D eigenvalue weighted by Gasteiger charge is 2.39. The average molecular weight is 341 g/mol. The van der Waals surface area contributed by atoms with Crippen LogP contribution < -0.4 is 0 Å². The fourth-order valence-electron chi connectivity index (χ4n) is 3.55. The van der Waals surface area contributed by atoms with Gasteiger partial charge in [-0.25, -0.2) is 0 Å². The summed E-state index contributed by atoms with van der Waals surface area (Å²) in [4.78, 5) is 12.1. The minimum atomic E-state index is -0.601. The van der Waals surface area contributed by atoms with Crippen molar-refractivity contribution in [3.8, 4) is 0 Å². The highest BCUT2D eigenvalue weighted by Crippen LogP contribution is 2.34. The fourth-order valence-corrected chi connectivity index (χ4v) is 3.55. The maximum Gasteiger partial charge on any atom is 0.139 e. The monoisotopic (exact) mass is 340 g/mol. The van der Waals surface area contributed by atoms with Gasteiger partial charge in [-0.05, 0) is 19.3 Å². The second-order valence-corrected chi connectivity index (χ2v) is 7.15. The minimum absolute atomic E-state index is 0.100. The first-order valence-electron chi connectivity index (χ1n) is 9.78. The fraction of sp³-hybridized carbons (Fsp3) is 0.850. The van der Waals surface area contributed by atoms with E-state index in [1.165, 1.54) is 0 Å². The van der Waals surface area contributed by atoms with Crippen LogP contribution in [-0.4, -0.2) is 39.9 Å². The summed E-state index contributed by atoms with van der Waals surface area (Å²) in [6.45, 7) is 2.39. The Kier molecular flexibility index (Phi) is 11.2. The first-order chi connectivity index (χ1) is 11.6. The van der Waals surface area contributed by atoms with Crippen LogP contribution in [0.15, 0.2) is 12.2 Å². The molecule has 140 valence electrons. The van der Waals surface area contributed by atoms with Crippen molar-refractivity contribution in [3.63, 3.8) is 0 Å². The van der Waals surface area contributed by atoms with E-state index >= 15 is 0 Å². The van der Waals surface area contributed by atoms with Crippen molar-refractivity contribution in [1.82, 2.24) is 0 Å². The van der Waals surface area contributed by atoms with Crippen molar-refractivity contribution in [2.75, 3.05) is 6.61 Å². The van der Waals surface area contributed by atoms with Gasteiger partial charge in [-0.1, -0.05) is 64.0 Å². The van der Waals surface area contributed by atoms with Gasteiger partial charge in [0, 0.05) is 24.9 Å². The Balaban J connectivity index is 2.40. The zero-order chi connectivity index (χ0) is 17.8. The molecule has 3 unspecified atom stereocenters. The molecule has 0 amide bonds. The Morgan fingerprint density at radius 2 is 1.83 bits per heavy atom. The second kappa shape index (κ2) is 12.6. The molecular weight excluding hydrogens is 304 g/mol. The Hall–Kier alpha value is -0.710. The summed E-state index contributed by atoms with van der Waals surface area (Å²) in [5.41, 5.74) is 0. The molecule has 0 spiro atoms. The molecule has 1 saturated carbocycles. The van der Waals surface area contributed by atoms with Crippen LogP contribution in [0.25, 0.3) is 0 Å². The number of unbranched alkanes of at least 4 members (excludes halogenated alkanes) is 6. The van der Waals surface area contributed by atoms with Crippen LogP contribution >= 0.6 is 0 Å². The van der Waals surface area contributed by atoms with Crippen LogP contribution in [0.4, 0.5) is 0 Å². The van der Waals surface area contributed by atoms with Crippen LogP contribution in [0.1, 0.15) is 77.6 Å². The number of Topliss-reactive ketones (excluding diaryl/α,β-unsaturated/α-hetero) is 1. The highest BCUT2D eigenvalue weighted by atomic mass is 16.3. The molecule has 4 heteroatoms. The molecule has 0 radical (unpaired) electrons. The Morgan fingerprint density at radius 1 is 1.12 bits per heavy atom. The Bertz CT molecular complexity index is 367. The van der Waals surface area contributed by atoms with Gasteiger partial charge in [0.2, 0.25) is 0 Å². The number of carbonyl (C=O) groups is 1. The summed E-state index contributed by atoms with van der Waals surface area (Å²) in [5, 5.41) is 28.9. The van der Waals surface area contributed by atoms with Crippen molar-refractivity contribution < 1.29 is 20.1 Å². The quantitative estimate of drug-likeness (QED) is 0.355. The van der Waals surface area contributed by atoms with E-state index in [2.05, 4.69) is 6.92 Å². The standard InChI is InChI=1S/C20H36O4/c1-2-3-7-10-16(22)12-13-18-17(19(23)15-20(18)24)11-8-5-4-6-9-14-21/h12-13,16-18,20-22,24H,2-11,14-15H2,1H3/b13-12+/t16?,17?,18-,20?/m1/s1. The third-order valence-corrected chi connectivity index (χ3v) is 5.06. The molecule has 0 saturated heterocycles. The lowest BCUT2D eigenvalue weighted by Gasteiger charge is -2.18. The van der Waals surface area contributed by atoms with Gasteiger partial charge in [0.05, 0.1) is 12.2 Å². The van der Waals surface area contributed by atoms with Crippen LogP contribution in [0.3, 0.4) is 0 Å². The molecule has 1 rings (SSSR count). The third-order valence-electron chi connectivity index (χ3n) is 5.06. The van der Waals surface area contributed by atoms with E-state index in [-0.39, 0.29) is 30.6 Å².